The van der Waals surface area contributed by atoms with Crippen LogP contribution in [-0.4, -0.2) is 9.97 Å². The minimum absolute atomic E-state index is 0.368. The Balaban J connectivity index is 2.20. The highest BCUT2D eigenvalue weighted by atomic mass is 79.9. The Labute approximate surface area is 103 Å². The van der Waals surface area contributed by atoms with E-state index in [1.54, 1.807) is 12.4 Å². The maximum Gasteiger partial charge on any atom is 0.321 e. The third-order valence-corrected chi connectivity index (χ3v) is 2.99. The molecular weight excluding hydrogens is 268 g/mol. The Morgan fingerprint density at radius 1 is 1.12 bits per heavy atom. The Hall–Kier alpha value is -1.42. The van der Waals surface area contributed by atoms with Gasteiger partial charge in [0.05, 0.1) is 0 Å². The number of benzene rings is 1. The molecule has 0 aliphatic carbocycles. The van der Waals surface area contributed by atoms with Crippen LogP contribution in [-0.2, 0) is 0 Å². The van der Waals surface area contributed by atoms with Crippen LogP contribution in [0.15, 0.2) is 35.1 Å². The lowest BCUT2D eigenvalue weighted by atomic mass is 10.2. The smallest absolute Gasteiger partial charge is 0.321 e. The van der Waals surface area contributed by atoms with Crippen LogP contribution in [0.1, 0.15) is 11.1 Å². The van der Waals surface area contributed by atoms with Crippen molar-refractivity contribution in [3.05, 3.63) is 46.2 Å². The van der Waals surface area contributed by atoms with Gasteiger partial charge in [-0.1, -0.05) is 15.9 Å². The molecule has 0 aliphatic heterocycles. The molecule has 1 aromatic carbocycles. The number of halogens is 1. The zero-order valence-electron chi connectivity index (χ0n) is 9.07. The first-order valence-electron chi connectivity index (χ1n) is 4.88. The van der Waals surface area contributed by atoms with E-state index in [0.717, 1.165) is 21.3 Å². The summed E-state index contributed by atoms with van der Waals surface area (Å²) in [5.41, 5.74) is 2.13. The van der Waals surface area contributed by atoms with Gasteiger partial charge in [-0.25, -0.2) is 9.97 Å². The minimum atomic E-state index is 0.368. The summed E-state index contributed by atoms with van der Waals surface area (Å²) in [6.45, 7) is 3.94. The summed E-state index contributed by atoms with van der Waals surface area (Å²) in [5.74, 6) is 0.740. The third-order valence-electron chi connectivity index (χ3n) is 2.10. The van der Waals surface area contributed by atoms with Gasteiger partial charge in [0.15, 0.2) is 0 Å². The summed E-state index contributed by atoms with van der Waals surface area (Å²) in [7, 11) is 0. The van der Waals surface area contributed by atoms with Crippen LogP contribution in [0.5, 0.6) is 11.8 Å². The summed E-state index contributed by atoms with van der Waals surface area (Å²) >= 11 is 3.44. The maximum absolute atomic E-state index is 5.53. The van der Waals surface area contributed by atoms with Crippen molar-refractivity contribution in [2.75, 3.05) is 0 Å². The monoisotopic (exact) mass is 278 g/mol. The van der Waals surface area contributed by atoms with Gasteiger partial charge in [0.2, 0.25) is 0 Å². The molecule has 1 heterocycles. The van der Waals surface area contributed by atoms with E-state index in [-0.39, 0.29) is 0 Å². The average molecular weight is 279 g/mol. The molecule has 82 valence electrons. The molecule has 0 spiro atoms. The fourth-order valence-electron chi connectivity index (χ4n) is 1.22. The molecule has 2 rings (SSSR count). The SMILES string of the molecule is Cc1cnc(Oc2ccc(Br)c(C)c2)nc1. The molecule has 4 heteroatoms. The lowest BCUT2D eigenvalue weighted by Crippen LogP contribution is -1.92. The van der Waals surface area contributed by atoms with E-state index >= 15 is 0 Å². The van der Waals surface area contributed by atoms with E-state index in [4.69, 9.17) is 4.74 Å². The van der Waals surface area contributed by atoms with E-state index in [2.05, 4.69) is 25.9 Å². The van der Waals surface area contributed by atoms with Gasteiger partial charge in [0.25, 0.3) is 0 Å². The first-order chi connectivity index (χ1) is 7.65. The second-order valence-corrected chi connectivity index (χ2v) is 4.41. The van der Waals surface area contributed by atoms with Crippen LogP contribution in [0.25, 0.3) is 0 Å². The van der Waals surface area contributed by atoms with E-state index in [0.29, 0.717) is 6.01 Å². The molecule has 0 bridgehead atoms. The Morgan fingerprint density at radius 2 is 1.81 bits per heavy atom. The van der Waals surface area contributed by atoms with Gasteiger partial charge in [-0.3, -0.25) is 0 Å². The van der Waals surface area contributed by atoms with Crippen LogP contribution < -0.4 is 4.74 Å². The molecule has 0 radical (unpaired) electrons. The maximum atomic E-state index is 5.53. The molecule has 0 N–H and O–H groups in total. The predicted molar refractivity (Wildman–Crippen MR) is 65.7 cm³/mol. The van der Waals surface area contributed by atoms with E-state index in [9.17, 15) is 0 Å². The second kappa shape index (κ2) is 4.61. The van der Waals surface area contributed by atoms with Gasteiger partial charge in [-0.2, -0.15) is 0 Å². The van der Waals surface area contributed by atoms with Crippen molar-refractivity contribution in [3.63, 3.8) is 0 Å². The number of hydrogen-bond acceptors (Lipinski definition) is 3. The van der Waals surface area contributed by atoms with Crippen LogP contribution in [0, 0.1) is 13.8 Å². The highest BCUT2D eigenvalue weighted by Crippen LogP contribution is 2.24. The van der Waals surface area contributed by atoms with Gasteiger partial charge in [0, 0.05) is 16.9 Å². The van der Waals surface area contributed by atoms with Gasteiger partial charge in [-0.05, 0) is 43.2 Å². The van der Waals surface area contributed by atoms with Gasteiger partial charge in [-0.15, -0.1) is 0 Å². The molecule has 16 heavy (non-hydrogen) atoms. The minimum Gasteiger partial charge on any atom is -0.424 e. The highest BCUT2D eigenvalue weighted by molar-refractivity contribution is 9.10. The molecule has 1 aromatic heterocycles. The number of aryl methyl sites for hydroxylation is 2. The van der Waals surface area contributed by atoms with Crippen molar-refractivity contribution in [2.45, 2.75) is 13.8 Å². The Bertz CT molecular complexity index is 497. The summed E-state index contributed by atoms with van der Waals surface area (Å²) < 4.78 is 6.59. The lowest BCUT2D eigenvalue weighted by molar-refractivity contribution is 0.441. The molecule has 0 unspecified atom stereocenters. The van der Waals surface area contributed by atoms with E-state index in [1.807, 2.05) is 32.0 Å². The van der Waals surface area contributed by atoms with Crippen molar-refractivity contribution < 1.29 is 4.74 Å². The van der Waals surface area contributed by atoms with Crippen LogP contribution in [0.4, 0.5) is 0 Å². The number of rotatable bonds is 2. The molecule has 2 aromatic rings. The zero-order chi connectivity index (χ0) is 11.5. The lowest BCUT2D eigenvalue weighted by Gasteiger charge is -2.05. The van der Waals surface area contributed by atoms with Crippen LogP contribution in [0.3, 0.4) is 0 Å². The molecule has 0 saturated carbocycles. The Kier molecular flexibility index (Phi) is 3.19. The number of nitrogens with zero attached hydrogens (tertiary/aromatic N) is 2. The molecule has 0 atom stereocenters. The average Bonchev–Trinajstić information content (AvgIpc) is 2.27. The first-order valence-corrected chi connectivity index (χ1v) is 5.67. The van der Waals surface area contributed by atoms with Crippen molar-refractivity contribution in [2.24, 2.45) is 0 Å². The van der Waals surface area contributed by atoms with E-state index < -0.39 is 0 Å². The molecular formula is C12H11BrN2O. The van der Waals surface area contributed by atoms with Crippen LogP contribution in [0.2, 0.25) is 0 Å². The van der Waals surface area contributed by atoms with Crippen molar-refractivity contribution in [3.8, 4) is 11.8 Å². The van der Waals surface area contributed by atoms with E-state index in [1.165, 1.54) is 0 Å². The molecule has 0 aliphatic rings. The quantitative estimate of drug-likeness (QED) is 0.841. The van der Waals surface area contributed by atoms with Crippen molar-refractivity contribution in [1.29, 1.82) is 0 Å². The molecule has 0 fully saturated rings. The number of hydrogen-bond donors (Lipinski definition) is 0. The standard InChI is InChI=1S/C12H11BrN2O/c1-8-6-14-12(15-7-8)16-10-3-4-11(13)9(2)5-10/h3-7H,1-2H3. The summed E-state index contributed by atoms with van der Waals surface area (Å²) in [4.78, 5) is 8.16. The highest BCUT2D eigenvalue weighted by Gasteiger charge is 2.01. The van der Waals surface area contributed by atoms with Crippen molar-refractivity contribution >= 4 is 15.9 Å². The van der Waals surface area contributed by atoms with Gasteiger partial charge < -0.3 is 4.74 Å². The molecule has 0 amide bonds. The normalized spacial score (nSPS) is 10.2. The topological polar surface area (TPSA) is 35.0 Å². The second-order valence-electron chi connectivity index (χ2n) is 3.56. The largest absolute Gasteiger partial charge is 0.424 e. The van der Waals surface area contributed by atoms with Gasteiger partial charge >= 0.3 is 6.01 Å². The van der Waals surface area contributed by atoms with Crippen LogP contribution >= 0.6 is 15.9 Å². The summed E-state index contributed by atoms with van der Waals surface area (Å²) in [6, 6.07) is 6.12. The fraction of sp³-hybridized carbons (Fsp3) is 0.167. The molecule has 0 saturated heterocycles. The zero-order valence-corrected chi connectivity index (χ0v) is 10.7. The Morgan fingerprint density at radius 3 is 2.44 bits per heavy atom. The number of ether oxygens (including phenoxy) is 1. The number of aromatic nitrogens is 2. The van der Waals surface area contributed by atoms with Gasteiger partial charge in [0.1, 0.15) is 5.75 Å². The summed E-state index contributed by atoms with van der Waals surface area (Å²) in [5, 5.41) is 0. The fourth-order valence-corrected chi connectivity index (χ4v) is 1.47. The third kappa shape index (κ3) is 2.58. The molecule has 3 nitrogen and oxygen atoms in total. The summed E-state index contributed by atoms with van der Waals surface area (Å²) in [6.07, 6.45) is 3.46. The van der Waals surface area contributed by atoms with Crippen molar-refractivity contribution in [1.82, 2.24) is 9.97 Å². The first kappa shape index (κ1) is 11.1. The predicted octanol–water partition coefficient (Wildman–Crippen LogP) is 3.65.